The molecule has 0 spiro atoms. The largest absolute Gasteiger partial charge is 0.333 e. The first-order chi connectivity index (χ1) is 13.4. The number of hydrogen-bond acceptors (Lipinski definition) is 3. The molecule has 1 unspecified atom stereocenters. The fourth-order valence-corrected chi connectivity index (χ4v) is 4.67. The van der Waals surface area contributed by atoms with Crippen LogP contribution in [0.1, 0.15) is 49.2 Å². The quantitative estimate of drug-likeness (QED) is 0.725. The van der Waals surface area contributed by atoms with E-state index in [2.05, 4.69) is 6.07 Å². The standard InChI is InChI=1S/C22H27FN2O2S/c1-4-20(26)24(13-15(2)3)14-21(27)25-11-9-19-18(10-12-28-19)22(25)16-5-7-17(23)8-6-16/h5-8,10,12,15,22H,4,9,11,13-14H2,1-3H3. The zero-order valence-electron chi connectivity index (χ0n) is 16.7. The molecule has 2 heterocycles. The first-order valence-electron chi connectivity index (χ1n) is 9.79. The first kappa shape index (κ1) is 20.5. The molecule has 150 valence electrons. The lowest BCUT2D eigenvalue weighted by atomic mass is 9.93. The highest BCUT2D eigenvalue weighted by atomic mass is 32.1. The molecule has 0 aliphatic carbocycles. The normalized spacial score (nSPS) is 16.2. The average molecular weight is 403 g/mol. The fourth-order valence-electron chi connectivity index (χ4n) is 3.76. The van der Waals surface area contributed by atoms with Crippen LogP contribution in [0.3, 0.4) is 0 Å². The van der Waals surface area contributed by atoms with E-state index in [4.69, 9.17) is 0 Å². The van der Waals surface area contributed by atoms with E-state index in [0.717, 1.165) is 17.5 Å². The summed E-state index contributed by atoms with van der Waals surface area (Å²) >= 11 is 1.69. The number of halogens is 1. The summed E-state index contributed by atoms with van der Waals surface area (Å²) in [7, 11) is 0. The van der Waals surface area contributed by atoms with Crippen LogP contribution < -0.4 is 0 Å². The van der Waals surface area contributed by atoms with Gasteiger partial charge < -0.3 is 9.80 Å². The molecule has 1 aromatic heterocycles. The van der Waals surface area contributed by atoms with Crippen LogP contribution in [0, 0.1) is 11.7 Å². The number of thiophene rings is 1. The molecule has 2 amide bonds. The molecule has 0 saturated heterocycles. The van der Waals surface area contributed by atoms with Crippen LogP contribution in [0.2, 0.25) is 0 Å². The smallest absolute Gasteiger partial charge is 0.242 e. The highest BCUT2D eigenvalue weighted by molar-refractivity contribution is 7.10. The maximum Gasteiger partial charge on any atom is 0.242 e. The Morgan fingerprint density at radius 3 is 2.61 bits per heavy atom. The van der Waals surface area contributed by atoms with Crippen molar-refractivity contribution in [1.82, 2.24) is 9.80 Å². The summed E-state index contributed by atoms with van der Waals surface area (Å²) < 4.78 is 13.4. The van der Waals surface area contributed by atoms with Crippen LogP contribution in [0.5, 0.6) is 0 Å². The van der Waals surface area contributed by atoms with E-state index in [0.29, 0.717) is 25.4 Å². The van der Waals surface area contributed by atoms with Gasteiger partial charge in [-0.1, -0.05) is 32.9 Å². The summed E-state index contributed by atoms with van der Waals surface area (Å²) in [6.45, 7) is 7.16. The van der Waals surface area contributed by atoms with Gasteiger partial charge in [-0.25, -0.2) is 4.39 Å². The topological polar surface area (TPSA) is 40.6 Å². The number of benzene rings is 1. The van der Waals surface area contributed by atoms with Crippen LogP contribution in [0.4, 0.5) is 4.39 Å². The molecule has 0 bridgehead atoms. The van der Waals surface area contributed by atoms with Gasteiger partial charge in [-0.3, -0.25) is 9.59 Å². The zero-order chi connectivity index (χ0) is 20.3. The molecular weight excluding hydrogens is 375 g/mol. The average Bonchev–Trinajstić information content (AvgIpc) is 3.15. The minimum atomic E-state index is -0.292. The first-order valence-corrected chi connectivity index (χ1v) is 10.7. The lowest BCUT2D eigenvalue weighted by molar-refractivity contribution is -0.142. The predicted molar refractivity (Wildman–Crippen MR) is 110 cm³/mol. The molecule has 0 N–H and O–H groups in total. The van der Waals surface area contributed by atoms with E-state index >= 15 is 0 Å². The van der Waals surface area contributed by atoms with Gasteiger partial charge in [0, 0.05) is 24.4 Å². The van der Waals surface area contributed by atoms with Crippen molar-refractivity contribution in [1.29, 1.82) is 0 Å². The lowest BCUT2D eigenvalue weighted by Crippen LogP contribution is -2.47. The molecule has 1 aliphatic heterocycles. The summed E-state index contributed by atoms with van der Waals surface area (Å²) in [5, 5.41) is 2.04. The van der Waals surface area contributed by atoms with Gasteiger partial charge in [0.2, 0.25) is 11.8 Å². The second kappa shape index (κ2) is 8.86. The van der Waals surface area contributed by atoms with Crippen molar-refractivity contribution >= 4 is 23.2 Å². The maximum absolute atomic E-state index is 13.4. The van der Waals surface area contributed by atoms with Gasteiger partial charge in [-0.15, -0.1) is 11.3 Å². The van der Waals surface area contributed by atoms with Gasteiger partial charge in [0.25, 0.3) is 0 Å². The number of carbonyl (C=O) groups excluding carboxylic acids is 2. The summed E-state index contributed by atoms with van der Waals surface area (Å²) in [6.07, 6.45) is 1.19. The van der Waals surface area contributed by atoms with Crippen LogP contribution in [-0.2, 0) is 16.0 Å². The minimum Gasteiger partial charge on any atom is -0.333 e. The van der Waals surface area contributed by atoms with Gasteiger partial charge in [0.1, 0.15) is 5.82 Å². The van der Waals surface area contributed by atoms with Crippen molar-refractivity contribution in [2.45, 2.75) is 39.7 Å². The highest BCUT2D eigenvalue weighted by Crippen LogP contribution is 2.37. The molecule has 1 aliphatic rings. The van der Waals surface area contributed by atoms with E-state index in [-0.39, 0.29) is 30.2 Å². The second-order valence-electron chi connectivity index (χ2n) is 7.61. The lowest BCUT2D eigenvalue weighted by Gasteiger charge is -2.37. The monoisotopic (exact) mass is 402 g/mol. The Kier molecular flexibility index (Phi) is 6.50. The summed E-state index contributed by atoms with van der Waals surface area (Å²) in [5.41, 5.74) is 2.00. The molecule has 3 rings (SSSR count). The number of amides is 2. The van der Waals surface area contributed by atoms with Crippen LogP contribution in [0.15, 0.2) is 35.7 Å². The highest BCUT2D eigenvalue weighted by Gasteiger charge is 2.33. The van der Waals surface area contributed by atoms with E-state index in [1.807, 2.05) is 31.1 Å². The molecule has 0 saturated carbocycles. The SMILES string of the molecule is CCC(=O)N(CC(=O)N1CCc2sccc2C1c1ccc(F)cc1)CC(C)C. The number of rotatable bonds is 6. The Morgan fingerprint density at radius 2 is 1.96 bits per heavy atom. The Morgan fingerprint density at radius 1 is 1.25 bits per heavy atom. The summed E-state index contributed by atoms with van der Waals surface area (Å²) in [6, 6.07) is 8.18. The second-order valence-corrected chi connectivity index (χ2v) is 8.61. The van der Waals surface area contributed by atoms with Gasteiger partial charge in [-0.05, 0) is 47.0 Å². The fraction of sp³-hybridized carbons (Fsp3) is 0.455. The maximum atomic E-state index is 13.4. The van der Waals surface area contributed by atoms with Crippen molar-refractivity contribution in [3.63, 3.8) is 0 Å². The van der Waals surface area contributed by atoms with E-state index in [1.165, 1.54) is 17.0 Å². The summed E-state index contributed by atoms with van der Waals surface area (Å²) in [5.74, 6) is -0.0668. The molecule has 28 heavy (non-hydrogen) atoms. The Bertz CT molecular complexity index is 831. The molecule has 6 heteroatoms. The van der Waals surface area contributed by atoms with Crippen molar-refractivity contribution in [3.05, 3.63) is 57.5 Å². The minimum absolute atomic E-state index is 0.00591. The van der Waals surface area contributed by atoms with Crippen molar-refractivity contribution in [2.75, 3.05) is 19.6 Å². The molecular formula is C22H27FN2O2S. The number of hydrogen-bond donors (Lipinski definition) is 0. The van der Waals surface area contributed by atoms with E-state index in [9.17, 15) is 14.0 Å². The third kappa shape index (κ3) is 4.43. The molecule has 1 aromatic carbocycles. The molecule has 4 nitrogen and oxygen atoms in total. The van der Waals surface area contributed by atoms with Gasteiger partial charge in [0.15, 0.2) is 0 Å². The Hall–Kier alpha value is -2.21. The third-order valence-electron chi connectivity index (χ3n) is 5.04. The molecule has 2 aromatic rings. The number of fused-ring (bicyclic) bond motifs is 1. The van der Waals surface area contributed by atoms with Crippen LogP contribution in [0.25, 0.3) is 0 Å². The Labute approximate surface area is 170 Å². The van der Waals surface area contributed by atoms with Gasteiger partial charge >= 0.3 is 0 Å². The third-order valence-corrected chi connectivity index (χ3v) is 6.04. The van der Waals surface area contributed by atoms with Crippen molar-refractivity contribution in [3.8, 4) is 0 Å². The van der Waals surface area contributed by atoms with E-state index < -0.39 is 0 Å². The van der Waals surface area contributed by atoms with Gasteiger partial charge in [0.05, 0.1) is 12.6 Å². The molecule has 1 atom stereocenters. The molecule has 0 fully saturated rings. The van der Waals surface area contributed by atoms with Crippen LogP contribution in [-0.4, -0.2) is 41.2 Å². The zero-order valence-corrected chi connectivity index (χ0v) is 17.5. The summed E-state index contributed by atoms with van der Waals surface area (Å²) in [4.78, 5) is 30.4. The van der Waals surface area contributed by atoms with Gasteiger partial charge in [-0.2, -0.15) is 0 Å². The van der Waals surface area contributed by atoms with Crippen molar-refractivity contribution < 1.29 is 14.0 Å². The van der Waals surface area contributed by atoms with E-state index in [1.54, 1.807) is 28.4 Å². The predicted octanol–water partition coefficient (Wildman–Crippen LogP) is 4.26. The number of carbonyl (C=O) groups is 2. The van der Waals surface area contributed by atoms with Crippen LogP contribution >= 0.6 is 11.3 Å². The Balaban J connectivity index is 1.89. The molecule has 0 radical (unpaired) electrons. The number of nitrogens with zero attached hydrogens (tertiary/aromatic N) is 2. The van der Waals surface area contributed by atoms with Crippen molar-refractivity contribution in [2.24, 2.45) is 5.92 Å².